The number of thiophene rings is 1. The summed E-state index contributed by atoms with van der Waals surface area (Å²) in [6, 6.07) is 12.3. The van der Waals surface area contributed by atoms with Gasteiger partial charge in [0.05, 0.1) is 12.4 Å². The van der Waals surface area contributed by atoms with Crippen LogP contribution in [0.2, 0.25) is 0 Å². The number of nitrogens with zero attached hydrogens (tertiary/aromatic N) is 2. The lowest BCUT2D eigenvalue weighted by Gasteiger charge is -2.18. The Bertz CT molecular complexity index is 814. The van der Waals surface area contributed by atoms with E-state index < -0.39 is 0 Å². The number of hydrogen-bond donors (Lipinski definition) is 1. The van der Waals surface area contributed by atoms with Crippen LogP contribution in [-0.4, -0.2) is 28.2 Å². The van der Waals surface area contributed by atoms with E-state index in [-0.39, 0.29) is 12.0 Å². The molecule has 6 heteroatoms. The molecule has 0 aliphatic rings. The highest BCUT2D eigenvalue weighted by molar-refractivity contribution is 7.09. The van der Waals surface area contributed by atoms with Crippen molar-refractivity contribution in [3.8, 4) is 0 Å². The van der Waals surface area contributed by atoms with Crippen molar-refractivity contribution in [2.45, 2.75) is 45.3 Å². The first-order valence-electron chi connectivity index (χ1n) is 9.65. The number of hydrogen-bond acceptors (Lipinski definition) is 4. The van der Waals surface area contributed by atoms with Crippen LogP contribution in [0.1, 0.15) is 30.2 Å². The maximum Gasteiger partial charge on any atom is 0.221 e. The number of nitrogens with one attached hydrogen (secondary N) is 1. The molecule has 0 aliphatic carbocycles. The van der Waals surface area contributed by atoms with Crippen LogP contribution in [0.3, 0.4) is 0 Å². The highest BCUT2D eigenvalue weighted by Crippen LogP contribution is 2.15. The van der Waals surface area contributed by atoms with Gasteiger partial charge in [0.15, 0.2) is 0 Å². The molecule has 1 amide bonds. The number of imidazole rings is 1. The maximum atomic E-state index is 11.1. The Labute approximate surface area is 170 Å². The average molecular weight is 398 g/mol. The average Bonchev–Trinajstić information content (AvgIpc) is 3.38. The van der Waals surface area contributed by atoms with Crippen LogP contribution in [0.15, 0.2) is 60.5 Å². The van der Waals surface area contributed by atoms with Gasteiger partial charge >= 0.3 is 0 Å². The second-order valence-electron chi connectivity index (χ2n) is 6.85. The van der Waals surface area contributed by atoms with Crippen molar-refractivity contribution in [2.75, 3.05) is 11.9 Å². The van der Waals surface area contributed by atoms with Crippen LogP contribution in [-0.2, 0) is 28.9 Å². The van der Waals surface area contributed by atoms with E-state index in [0.717, 1.165) is 44.5 Å². The summed E-state index contributed by atoms with van der Waals surface area (Å²) in [5, 5.41) is 4.91. The van der Waals surface area contributed by atoms with Crippen molar-refractivity contribution in [3.63, 3.8) is 0 Å². The van der Waals surface area contributed by atoms with E-state index in [4.69, 9.17) is 4.74 Å². The van der Waals surface area contributed by atoms with E-state index in [0.29, 0.717) is 0 Å². The Morgan fingerprint density at radius 2 is 2.11 bits per heavy atom. The molecule has 0 spiro atoms. The van der Waals surface area contributed by atoms with Crippen LogP contribution in [0.25, 0.3) is 0 Å². The molecule has 0 bridgehead atoms. The Morgan fingerprint density at radius 3 is 2.79 bits per heavy atom. The zero-order valence-corrected chi connectivity index (χ0v) is 17.0. The van der Waals surface area contributed by atoms with Crippen molar-refractivity contribution in [1.29, 1.82) is 0 Å². The summed E-state index contributed by atoms with van der Waals surface area (Å²) in [6.07, 6.45) is 9.80. The first-order chi connectivity index (χ1) is 13.7. The standard InChI is InChI=1S/C22H27N3O2S/c1-18(26)24-20-8-6-19(7-9-20)4-2-14-27-21(16-25-13-12-23-17-25)10-11-22-5-3-15-28-22/h3,5-9,12-13,15,17,21H,2,4,10-11,14,16H2,1H3,(H,24,26). The molecule has 3 rings (SSSR count). The highest BCUT2D eigenvalue weighted by Gasteiger charge is 2.11. The summed E-state index contributed by atoms with van der Waals surface area (Å²) in [4.78, 5) is 16.6. The van der Waals surface area contributed by atoms with Gasteiger partial charge in [-0.15, -0.1) is 11.3 Å². The quantitative estimate of drug-likeness (QED) is 0.483. The number of aryl methyl sites for hydroxylation is 2. The number of aromatic nitrogens is 2. The van der Waals surface area contributed by atoms with E-state index >= 15 is 0 Å². The molecule has 5 nitrogen and oxygen atoms in total. The van der Waals surface area contributed by atoms with Gasteiger partial charge in [-0.2, -0.15) is 0 Å². The predicted octanol–water partition coefficient (Wildman–Crippen LogP) is 4.55. The number of amides is 1. The SMILES string of the molecule is CC(=O)Nc1ccc(CCCOC(CCc2cccs2)Cn2ccnc2)cc1. The Kier molecular flexibility index (Phi) is 7.82. The fraction of sp³-hybridized carbons (Fsp3) is 0.364. The highest BCUT2D eigenvalue weighted by atomic mass is 32.1. The number of carbonyl (C=O) groups is 1. The third-order valence-electron chi connectivity index (χ3n) is 4.50. The van der Waals surface area contributed by atoms with Crippen molar-refractivity contribution in [2.24, 2.45) is 0 Å². The van der Waals surface area contributed by atoms with E-state index in [2.05, 4.69) is 44.5 Å². The molecule has 1 N–H and O–H groups in total. The van der Waals surface area contributed by atoms with Crippen LogP contribution in [0.4, 0.5) is 5.69 Å². The molecule has 0 saturated heterocycles. The Hall–Kier alpha value is -2.44. The molecule has 2 aromatic heterocycles. The van der Waals surface area contributed by atoms with Gasteiger partial charge in [-0.25, -0.2) is 4.98 Å². The minimum Gasteiger partial charge on any atom is -0.376 e. The third-order valence-corrected chi connectivity index (χ3v) is 5.44. The second kappa shape index (κ2) is 10.8. The number of ether oxygens (including phenoxy) is 1. The zero-order chi connectivity index (χ0) is 19.6. The normalized spacial score (nSPS) is 12.0. The minimum absolute atomic E-state index is 0.0485. The lowest BCUT2D eigenvalue weighted by molar-refractivity contribution is -0.114. The van der Waals surface area contributed by atoms with Crippen LogP contribution in [0.5, 0.6) is 0 Å². The van der Waals surface area contributed by atoms with Crippen molar-refractivity contribution in [1.82, 2.24) is 9.55 Å². The first kappa shape index (κ1) is 20.3. The molecule has 1 unspecified atom stereocenters. The minimum atomic E-state index is -0.0485. The molecule has 2 heterocycles. The third kappa shape index (κ3) is 6.94. The van der Waals surface area contributed by atoms with E-state index in [1.807, 2.05) is 24.7 Å². The molecule has 0 saturated carbocycles. The Balaban J connectivity index is 1.43. The summed E-state index contributed by atoms with van der Waals surface area (Å²) < 4.78 is 8.29. The van der Waals surface area contributed by atoms with Gasteiger partial charge in [0.25, 0.3) is 0 Å². The summed E-state index contributed by atoms with van der Waals surface area (Å²) in [5.41, 5.74) is 2.09. The molecule has 28 heavy (non-hydrogen) atoms. The number of anilines is 1. The number of rotatable bonds is 11. The predicted molar refractivity (Wildman–Crippen MR) is 114 cm³/mol. The molecular formula is C22H27N3O2S. The molecule has 1 aromatic carbocycles. The molecule has 0 aliphatic heterocycles. The molecule has 1 atom stereocenters. The fourth-order valence-corrected chi connectivity index (χ4v) is 3.82. The van der Waals surface area contributed by atoms with Gasteiger partial charge < -0.3 is 14.6 Å². The van der Waals surface area contributed by atoms with Gasteiger partial charge in [-0.1, -0.05) is 18.2 Å². The summed E-state index contributed by atoms with van der Waals surface area (Å²) in [5.74, 6) is -0.0485. The van der Waals surface area contributed by atoms with Crippen molar-refractivity contribution >= 4 is 22.9 Å². The van der Waals surface area contributed by atoms with Crippen LogP contribution >= 0.6 is 11.3 Å². The number of benzene rings is 1. The van der Waals surface area contributed by atoms with Gasteiger partial charge in [0, 0.05) is 43.0 Å². The van der Waals surface area contributed by atoms with E-state index in [9.17, 15) is 4.79 Å². The summed E-state index contributed by atoms with van der Waals surface area (Å²) in [6.45, 7) is 3.08. The van der Waals surface area contributed by atoms with Crippen molar-refractivity contribution in [3.05, 3.63) is 70.9 Å². The van der Waals surface area contributed by atoms with Crippen LogP contribution in [0, 0.1) is 0 Å². The molecule has 148 valence electrons. The van der Waals surface area contributed by atoms with Gasteiger partial charge in [-0.05, 0) is 54.8 Å². The van der Waals surface area contributed by atoms with Gasteiger partial charge in [-0.3, -0.25) is 4.79 Å². The zero-order valence-electron chi connectivity index (χ0n) is 16.2. The molecular weight excluding hydrogens is 370 g/mol. The summed E-state index contributed by atoms with van der Waals surface area (Å²) >= 11 is 1.80. The topological polar surface area (TPSA) is 56.1 Å². The van der Waals surface area contributed by atoms with E-state index in [1.165, 1.54) is 17.4 Å². The van der Waals surface area contributed by atoms with Gasteiger partial charge in [0.1, 0.15) is 0 Å². The molecule has 0 radical (unpaired) electrons. The number of carbonyl (C=O) groups excluding carboxylic acids is 1. The van der Waals surface area contributed by atoms with E-state index in [1.54, 1.807) is 17.5 Å². The lowest BCUT2D eigenvalue weighted by Crippen LogP contribution is -2.21. The largest absolute Gasteiger partial charge is 0.376 e. The summed E-state index contributed by atoms with van der Waals surface area (Å²) in [7, 11) is 0. The molecule has 0 fully saturated rings. The van der Waals surface area contributed by atoms with Crippen LogP contribution < -0.4 is 5.32 Å². The fourth-order valence-electron chi connectivity index (χ4n) is 3.10. The monoisotopic (exact) mass is 397 g/mol. The smallest absolute Gasteiger partial charge is 0.221 e. The second-order valence-corrected chi connectivity index (χ2v) is 7.88. The molecule has 3 aromatic rings. The first-order valence-corrected chi connectivity index (χ1v) is 10.5. The van der Waals surface area contributed by atoms with Gasteiger partial charge in [0.2, 0.25) is 5.91 Å². The Morgan fingerprint density at radius 1 is 1.25 bits per heavy atom. The van der Waals surface area contributed by atoms with Crippen molar-refractivity contribution < 1.29 is 9.53 Å². The maximum absolute atomic E-state index is 11.1. The lowest BCUT2D eigenvalue weighted by atomic mass is 10.1.